The molecule has 9 heteroatoms. The molecular weight excluding hydrogens is 373 g/mol. The van der Waals surface area contributed by atoms with Gasteiger partial charge in [0.15, 0.2) is 5.82 Å². The number of nitrogens with one attached hydrogen (secondary N) is 1. The highest BCUT2D eigenvalue weighted by Gasteiger charge is 2.22. The Bertz CT molecular complexity index is 840. The second-order valence-electron chi connectivity index (χ2n) is 5.15. The highest BCUT2D eigenvalue weighted by molar-refractivity contribution is 7.92. The van der Waals surface area contributed by atoms with Crippen molar-refractivity contribution >= 4 is 44.7 Å². The van der Waals surface area contributed by atoms with E-state index in [0.29, 0.717) is 42.8 Å². The monoisotopic (exact) mass is 387 g/mol. The third-order valence-corrected chi connectivity index (χ3v) is 5.61. The van der Waals surface area contributed by atoms with Crippen LogP contribution in [0.1, 0.15) is 0 Å². The molecule has 2 heterocycles. The average molecular weight is 388 g/mol. The molecule has 0 unspecified atom stereocenters. The molecule has 3 rings (SSSR count). The van der Waals surface area contributed by atoms with Gasteiger partial charge in [-0.1, -0.05) is 23.2 Å². The van der Waals surface area contributed by atoms with Crippen LogP contribution in [0.25, 0.3) is 0 Å². The van der Waals surface area contributed by atoms with Crippen molar-refractivity contribution in [3.8, 4) is 0 Å². The van der Waals surface area contributed by atoms with Gasteiger partial charge in [0.1, 0.15) is 4.90 Å². The topological polar surface area (TPSA) is 71.5 Å². The molecule has 0 aliphatic carbocycles. The van der Waals surface area contributed by atoms with E-state index in [2.05, 4.69) is 9.71 Å². The van der Waals surface area contributed by atoms with Gasteiger partial charge >= 0.3 is 0 Å². The molecule has 1 saturated heterocycles. The summed E-state index contributed by atoms with van der Waals surface area (Å²) in [6, 6.07) is 7.58. The van der Waals surface area contributed by atoms with Crippen LogP contribution in [-0.2, 0) is 14.8 Å². The first-order valence-corrected chi connectivity index (χ1v) is 9.47. The molecule has 1 fully saturated rings. The van der Waals surface area contributed by atoms with Gasteiger partial charge in [0, 0.05) is 24.3 Å². The number of ether oxygens (including phenoxy) is 1. The maximum Gasteiger partial charge on any atom is 0.263 e. The number of aromatic nitrogens is 1. The standard InChI is InChI=1S/C15H15Cl2N3O3S/c16-11-3-4-14(12(17)10-11)24(21,22)19-13-2-1-5-18-15(13)20-6-8-23-9-7-20/h1-5,10,19H,6-9H2. The molecule has 1 aliphatic rings. The molecule has 0 amide bonds. The fraction of sp³-hybridized carbons (Fsp3) is 0.267. The SMILES string of the molecule is O=S(=O)(Nc1cccnc1N1CCOCC1)c1ccc(Cl)cc1Cl. The fourth-order valence-corrected chi connectivity index (χ4v) is 4.23. The Morgan fingerprint density at radius 1 is 1.17 bits per heavy atom. The first-order valence-electron chi connectivity index (χ1n) is 7.23. The maximum atomic E-state index is 12.7. The number of pyridine rings is 1. The number of morpholine rings is 1. The van der Waals surface area contributed by atoms with E-state index in [-0.39, 0.29) is 9.92 Å². The zero-order chi connectivity index (χ0) is 17.2. The Kier molecular flexibility index (Phi) is 5.15. The first-order chi connectivity index (χ1) is 11.5. The van der Waals surface area contributed by atoms with Crippen molar-refractivity contribution in [3.63, 3.8) is 0 Å². The predicted octanol–water partition coefficient (Wildman–Crippen LogP) is 3.03. The number of hydrogen-bond donors (Lipinski definition) is 1. The smallest absolute Gasteiger partial charge is 0.263 e. The van der Waals surface area contributed by atoms with Crippen LogP contribution in [0.15, 0.2) is 41.4 Å². The van der Waals surface area contributed by atoms with Crippen LogP contribution in [0.4, 0.5) is 11.5 Å². The summed E-state index contributed by atoms with van der Waals surface area (Å²) in [4.78, 5) is 6.25. The van der Waals surface area contributed by atoms with E-state index in [0.717, 1.165) is 0 Å². The molecule has 1 aromatic carbocycles. The van der Waals surface area contributed by atoms with Crippen LogP contribution in [0, 0.1) is 0 Å². The number of halogens is 2. The van der Waals surface area contributed by atoms with E-state index in [1.807, 2.05) is 4.90 Å². The second-order valence-corrected chi connectivity index (χ2v) is 7.65. The van der Waals surface area contributed by atoms with Gasteiger partial charge < -0.3 is 9.64 Å². The summed E-state index contributed by atoms with van der Waals surface area (Å²) < 4.78 is 33.2. The van der Waals surface area contributed by atoms with Crippen molar-refractivity contribution in [2.24, 2.45) is 0 Å². The Morgan fingerprint density at radius 3 is 2.62 bits per heavy atom. The van der Waals surface area contributed by atoms with Gasteiger partial charge in [-0.15, -0.1) is 0 Å². The molecule has 1 aromatic heterocycles. The third-order valence-electron chi connectivity index (χ3n) is 3.53. The molecule has 2 aromatic rings. The van der Waals surface area contributed by atoms with Crippen LogP contribution in [-0.4, -0.2) is 39.7 Å². The van der Waals surface area contributed by atoms with Gasteiger partial charge in [-0.3, -0.25) is 4.72 Å². The van der Waals surface area contributed by atoms with Crippen LogP contribution in [0.3, 0.4) is 0 Å². The highest BCUT2D eigenvalue weighted by atomic mass is 35.5. The predicted molar refractivity (Wildman–Crippen MR) is 94.5 cm³/mol. The van der Waals surface area contributed by atoms with Gasteiger partial charge in [-0.25, -0.2) is 13.4 Å². The lowest BCUT2D eigenvalue weighted by molar-refractivity contribution is 0.122. The van der Waals surface area contributed by atoms with Gasteiger partial charge in [-0.05, 0) is 30.3 Å². The van der Waals surface area contributed by atoms with Crippen molar-refractivity contribution in [2.75, 3.05) is 35.9 Å². The number of anilines is 2. The molecule has 0 bridgehead atoms. The van der Waals surface area contributed by atoms with Gasteiger partial charge in [-0.2, -0.15) is 0 Å². The highest BCUT2D eigenvalue weighted by Crippen LogP contribution is 2.30. The van der Waals surface area contributed by atoms with Crippen LogP contribution in [0.5, 0.6) is 0 Å². The van der Waals surface area contributed by atoms with Crippen molar-refractivity contribution in [1.29, 1.82) is 0 Å². The van der Waals surface area contributed by atoms with E-state index >= 15 is 0 Å². The van der Waals surface area contributed by atoms with Crippen LogP contribution < -0.4 is 9.62 Å². The molecule has 0 atom stereocenters. The Morgan fingerprint density at radius 2 is 1.92 bits per heavy atom. The van der Waals surface area contributed by atoms with E-state index in [4.69, 9.17) is 27.9 Å². The second kappa shape index (κ2) is 7.14. The molecule has 1 aliphatic heterocycles. The number of rotatable bonds is 4. The zero-order valence-corrected chi connectivity index (χ0v) is 14.9. The number of nitrogens with zero attached hydrogens (tertiary/aromatic N) is 2. The van der Waals surface area contributed by atoms with E-state index in [9.17, 15) is 8.42 Å². The number of sulfonamides is 1. The summed E-state index contributed by atoms with van der Waals surface area (Å²) >= 11 is 11.8. The van der Waals surface area contributed by atoms with Crippen molar-refractivity contribution in [1.82, 2.24) is 4.98 Å². The zero-order valence-electron chi connectivity index (χ0n) is 12.6. The lowest BCUT2D eigenvalue weighted by Crippen LogP contribution is -2.37. The molecule has 0 saturated carbocycles. The molecule has 24 heavy (non-hydrogen) atoms. The Balaban J connectivity index is 1.93. The minimum atomic E-state index is -3.86. The van der Waals surface area contributed by atoms with E-state index in [1.54, 1.807) is 18.3 Å². The van der Waals surface area contributed by atoms with Gasteiger partial charge in [0.25, 0.3) is 10.0 Å². The molecule has 1 N–H and O–H groups in total. The quantitative estimate of drug-likeness (QED) is 0.872. The first kappa shape index (κ1) is 17.3. The van der Waals surface area contributed by atoms with Crippen molar-refractivity contribution in [2.45, 2.75) is 4.90 Å². The minimum absolute atomic E-state index is 0.0367. The maximum absolute atomic E-state index is 12.7. The van der Waals surface area contributed by atoms with Crippen molar-refractivity contribution < 1.29 is 13.2 Å². The summed E-state index contributed by atoms with van der Waals surface area (Å²) in [6.45, 7) is 2.44. The lowest BCUT2D eigenvalue weighted by atomic mass is 10.3. The molecular formula is C15H15Cl2N3O3S. The summed E-state index contributed by atoms with van der Waals surface area (Å²) in [7, 11) is -3.86. The summed E-state index contributed by atoms with van der Waals surface area (Å²) in [6.07, 6.45) is 1.62. The normalized spacial score (nSPS) is 15.3. The summed E-state index contributed by atoms with van der Waals surface area (Å²) in [5.74, 6) is 0.564. The largest absolute Gasteiger partial charge is 0.378 e. The lowest BCUT2D eigenvalue weighted by Gasteiger charge is -2.29. The van der Waals surface area contributed by atoms with E-state index in [1.165, 1.54) is 18.2 Å². The van der Waals surface area contributed by atoms with Crippen LogP contribution >= 0.6 is 23.2 Å². The van der Waals surface area contributed by atoms with Crippen LogP contribution in [0.2, 0.25) is 10.0 Å². The Hall–Kier alpha value is -1.54. The Labute approximate surface area is 150 Å². The third kappa shape index (κ3) is 3.75. The average Bonchev–Trinajstić information content (AvgIpc) is 2.55. The fourth-order valence-electron chi connectivity index (χ4n) is 2.40. The van der Waals surface area contributed by atoms with E-state index < -0.39 is 10.0 Å². The molecule has 6 nitrogen and oxygen atoms in total. The van der Waals surface area contributed by atoms with Gasteiger partial charge in [0.2, 0.25) is 0 Å². The molecule has 128 valence electrons. The summed E-state index contributed by atoms with van der Waals surface area (Å²) in [5, 5.41) is 0.432. The molecule has 0 radical (unpaired) electrons. The van der Waals surface area contributed by atoms with Gasteiger partial charge in [0.05, 0.1) is 23.9 Å². The number of hydrogen-bond acceptors (Lipinski definition) is 5. The minimum Gasteiger partial charge on any atom is -0.378 e. The summed E-state index contributed by atoms with van der Waals surface area (Å²) in [5.41, 5.74) is 0.394. The molecule has 0 spiro atoms. The van der Waals surface area contributed by atoms with Crippen molar-refractivity contribution in [3.05, 3.63) is 46.6 Å². The number of benzene rings is 1.